The lowest BCUT2D eigenvalue weighted by Crippen LogP contribution is -2.27. The van der Waals surface area contributed by atoms with Crippen LogP contribution in [-0.2, 0) is 14.3 Å². The van der Waals surface area contributed by atoms with E-state index in [2.05, 4.69) is 5.32 Å². The van der Waals surface area contributed by atoms with Crippen LogP contribution in [0.3, 0.4) is 0 Å². The van der Waals surface area contributed by atoms with Crippen molar-refractivity contribution in [1.29, 1.82) is 0 Å². The van der Waals surface area contributed by atoms with Crippen molar-refractivity contribution in [2.75, 3.05) is 16.8 Å². The minimum atomic E-state index is -0.481. The molecule has 2 aromatic carbocycles. The zero-order valence-electron chi connectivity index (χ0n) is 15.7. The van der Waals surface area contributed by atoms with Crippen LogP contribution in [0, 0.1) is 13.8 Å². The lowest BCUT2D eigenvalue weighted by atomic mass is 10.2. The van der Waals surface area contributed by atoms with Crippen LogP contribution < -0.4 is 10.2 Å². The van der Waals surface area contributed by atoms with E-state index < -0.39 is 5.97 Å². The van der Waals surface area contributed by atoms with E-state index in [1.54, 1.807) is 13.0 Å². The minimum Gasteiger partial charge on any atom is -0.463 e. The third-order valence-corrected chi connectivity index (χ3v) is 4.16. The molecule has 27 heavy (non-hydrogen) atoms. The SMILES string of the molecule is CCOC(=O)/C=C1\C=C(Nc2ccc(C)cc2)C(=O)N1c1ccc(C)cc1. The van der Waals surface area contributed by atoms with Gasteiger partial charge in [0.2, 0.25) is 0 Å². The first kappa shape index (κ1) is 18.5. The first-order valence-electron chi connectivity index (χ1n) is 8.83. The molecule has 0 atom stereocenters. The molecule has 2 aromatic rings. The Labute approximate surface area is 158 Å². The average Bonchev–Trinajstić information content (AvgIpc) is 2.93. The molecule has 0 aromatic heterocycles. The molecule has 0 saturated heterocycles. The number of nitrogens with zero attached hydrogens (tertiary/aromatic N) is 1. The van der Waals surface area contributed by atoms with Crippen LogP contribution in [0.25, 0.3) is 0 Å². The second-order valence-corrected chi connectivity index (χ2v) is 6.35. The Kier molecular flexibility index (Phi) is 5.41. The number of ether oxygens (including phenoxy) is 1. The van der Waals surface area contributed by atoms with Gasteiger partial charge < -0.3 is 10.1 Å². The molecule has 0 spiro atoms. The maximum atomic E-state index is 13.0. The van der Waals surface area contributed by atoms with E-state index in [1.807, 2.05) is 62.4 Å². The molecule has 1 heterocycles. The monoisotopic (exact) mass is 362 g/mol. The summed E-state index contributed by atoms with van der Waals surface area (Å²) in [4.78, 5) is 26.5. The molecule has 5 nitrogen and oxygen atoms in total. The van der Waals surface area contributed by atoms with Crippen LogP contribution in [0.2, 0.25) is 0 Å². The number of rotatable bonds is 5. The first-order valence-corrected chi connectivity index (χ1v) is 8.83. The van der Waals surface area contributed by atoms with Crippen molar-refractivity contribution >= 4 is 23.3 Å². The van der Waals surface area contributed by atoms with Crippen LogP contribution >= 0.6 is 0 Å². The number of esters is 1. The summed E-state index contributed by atoms with van der Waals surface area (Å²) < 4.78 is 5.01. The Morgan fingerprint density at radius 3 is 2.22 bits per heavy atom. The summed E-state index contributed by atoms with van der Waals surface area (Å²) in [6, 6.07) is 15.3. The largest absolute Gasteiger partial charge is 0.463 e. The molecule has 0 unspecified atom stereocenters. The predicted molar refractivity (Wildman–Crippen MR) is 106 cm³/mol. The van der Waals surface area contributed by atoms with Gasteiger partial charge in [0.25, 0.3) is 5.91 Å². The van der Waals surface area contributed by atoms with Gasteiger partial charge in [0.05, 0.1) is 12.3 Å². The molecule has 138 valence electrons. The second-order valence-electron chi connectivity index (χ2n) is 6.35. The van der Waals surface area contributed by atoms with Gasteiger partial charge in [-0.2, -0.15) is 0 Å². The maximum absolute atomic E-state index is 13.0. The van der Waals surface area contributed by atoms with Crippen LogP contribution in [0.5, 0.6) is 0 Å². The van der Waals surface area contributed by atoms with Crippen LogP contribution in [-0.4, -0.2) is 18.5 Å². The third-order valence-electron chi connectivity index (χ3n) is 4.16. The molecular weight excluding hydrogens is 340 g/mol. The Hall–Kier alpha value is -3.34. The lowest BCUT2D eigenvalue weighted by Gasteiger charge is -2.19. The standard InChI is InChI=1S/C22H22N2O3/c1-4-27-21(25)14-19-13-20(23-17-9-5-15(2)6-10-17)22(26)24(19)18-11-7-16(3)8-12-18/h5-14,23H,4H2,1-3H3/b19-14+. The topological polar surface area (TPSA) is 58.6 Å². The van der Waals surface area contributed by atoms with Gasteiger partial charge in [-0.3, -0.25) is 9.69 Å². The van der Waals surface area contributed by atoms with Crippen molar-refractivity contribution in [1.82, 2.24) is 0 Å². The Morgan fingerprint density at radius 2 is 1.63 bits per heavy atom. The molecule has 0 aliphatic carbocycles. The lowest BCUT2D eigenvalue weighted by molar-refractivity contribution is -0.137. The summed E-state index contributed by atoms with van der Waals surface area (Å²) in [5.41, 5.74) is 4.59. The quantitative estimate of drug-likeness (QED) is 0.643. The van der Waals surface area contributed by atoms with Crippen molar-refractivity contribution in [2.45, 2.75) is 20.8 Å². The van der Waals surface area contributed by atoms with Crippen molar-refractivity contribution in [3.63, 3.8) is 0 Å². The Bertz CT molecular complexity index is 910. The fraction of sp³-hybridized carbons (Fsp3) is 0.182. The van der Waals surface area contributed by atoms with E-state index in [0.717, 1.165) is 16.8 Å². The number of amides is 1. The fourth-order valence-corrected chi connectivity index (χ4v) is 2.76. The van der Waals surface area contributed by atoms with Gasteiger partial charge in [-0.05, 0) is 51.1 Å². The summed E-state index contributed by atoms with van der Waals surface area (Å²) in [7, 11) is 0. The highest BCUT2D eigenvalue weighted by atomic mass is 16.5. The van der Waals surface area contributed by atoms with Gasteiger partial charge in [0.15, 0.2) is 0 Å². The number of nitrogens with one attached hydrogen (secondary N) is 1. The fourth-order valence-electron chi connectivity index (χ4n) is 2.76. The molecule has 1 amide bonds. The van der Waals surface area contributed by atoms with Gasteiger partial charge in [0.1, 0.15) is 5.70 Å². The molecule has 0 saturated carbocycles. The maximum Gasteiger partial charge on any atom is 0.332 e. The van der Waals surface area contributed by atoms with E-state index in [-0.39, 0.29) is 12.5 Å². The van der Waals surface area contributed by atoms with Crippen LogP contribution in [0.1, 0.15) is 18.1 Å². The summed E-state index contributed by atoms with van der Waals surface area (Å²) in [5.74, 6) is -0.708. The van der Waals surface area contributed by atoms with E-state index in [0.29, 0.717) is 17.1 Å². The molecule has 3 rings (SSSR count). The Balaban J connectivity index is 1.94. The van der Waals surface area contributed by atoms with E-state index >= 15 is 0 Å². The van der Waals surface area contributed by atoms with Crippen molar-refractivity contribution in [2.24, 2.45) is 0 Å². The molecule has 1 N–H and O–H groups in total. The van der Waals surface area contributed by atoms with Crippen LogP contribution in [0.15, 0.2) is 72.1 Å². The second kappa shape index (κ2) is 7.91. The molecule has 1 aliphatic heterocycles. The highest BCUT2D eigenvalue weighted by Gasteiger charge is 2.30. The Morgan fingerprint density at radius 1 is 1.04 bits per heavy atom. The molecule has 0 bridgehead atoms. The number of aryl methyl sites for hydroxylation is 2. The van der Waals surface area contributed by atoms with Crippen molar-refractivity contribution in [3.05, 3.63) is 83.2 Å². The third kappa shape index (κ3) is 4.26. The zero-order chi connectivity index (χ0) is 19.4. The zero-order valence-corrected chi connectivity index (χ0v) is 15.7. The number of allylic oxidation sites excluding steroid dienone is 1. The average molecular weight is 362 g/mol. The molecule has 5 heteroatoms. The molecule has 0 fully saturated rings. The summed E-state index contributed by atoms with van der Waals surface area (Å²) >= 11 is 0. The van der Waals surface area contributed by atoms with Crippen LogP contribution in [0.4, 0.5) is 11.4 Å². The van der Waals surface area contributed by atoms with E-state index in [1.165, 1.54) is 11.0 Å². The highest BCUT2D eigenvalue weighted by Crippen LogP contribution is 2.29. The molecule has 0 radical (unpaired) electrons. The van der Waals surface area contributed by atoms with Gasteiger partial charge in [-0.15, -0.1) is 0 Å². The summed E-state index contributed by atoms with van der Waals surface area (Å²) in [6.45, 7) is 6.00. The number of hydrogen-bond donors (Lipinski definition) is 1. The highest BCUT2D eigenvalue weighted by molar-refractivity contribution is 6.14. The predicted octanol–water partition coefficient (Wildman–Crippen LogP) is 4.09. The van der Waals surface area contributed by atoms with Gasteiger partial charge >= 0.3 is 5.97 Å². The normalized spacial score (nSPS) is 15.1. The van der Waals surface area contributed by atoms with Gasteiger partial charge in [-0.25, -0.2) is 4.79 Å². The van der Waals surface area contributed by atoms with Gasteiger partial charge in [-0.1, -0.05) is 35.4 Å². The number of anilines is 2. The summed E-state index contributed by atoms with van der Waals surface area (Å²) in [6.07, 6.45) is 3.00. The molecule has 1 aliphatic rings. The first-order chi connectivity index (χ1) is 13.0. The smallest absolute Gasteiger partial charge is 0.332 e. The number of benzene rings is 2. The number of hydrogen-bond acceptors (Lipinski definition) is 4. The molecular formula is C22H22N2O3. The summed E-state index contributed by atoms with van der Waals surface area (Å²) in [5, 5.41) is 3.14. The van der Waals surface area contributed by atoms with Crippen molar-refractivity contribution < 1.29 is 14.3 Å². The van der Waals surface area contributed by atoms with E-state index in [4.69, 9.17) is 4.74 Å². The number of carbonyl (C=O) groups is 2. The van der Waals surface area contributed by atoms with E-state index in [9.17, 15) is 9.59 Å². The van der Waals surface area contributed by atoms with Gasteiger partial charge in [0, 0.05) is 17.5 Å². The van der Waals surface area contributed by atoms with Crippen molar-refractivity contribution in [3.8, 4) is 0 Å². The number of carbonyl (C=O) groups excluding carboxylic acids is 2. The minimum absolute atomic E-state index is 0.227.